The average Bonchev–Trinajstić information content (AvgIpc) is 3.10. The highest BCUT2D eigenvalue weighted by atomic mass is 35.5. The number of aromatic nitrogens is 2. The van der Waals surface area contributed by atoms with Crippen molar-refractivity contribution in [2.24, 2.45) is 12.0 Å². The van der Waals surface area contributed by atoms with E-state index in [1.165, 1.54) is 0 Å². The third kappa shape index (κ3) is 4.65. The lowest BCUT2D eigenvalue weighted by Crippen LogP contribution is -2.36. The molecule has 126 valence electrons. The predicted molar refractivity (Wildman–Crippen MR) is 93.0 cm³/mol. The van der Waals surface area contributed by atoms with Crippen LogP contribution in [0.3, 0.4) is 0 Å². The van der Waals surface area contributed by atoms with Crippen molar-refractivity contribution in [3.8, 4) is 0 Å². The lowest BCUT2D eigenvalue weighted by atomic mass is 10.3. The second kappa shape index (κ2) is 8.26. The van der Waals surface area contributed by atoms with Gasteiger partial charge in [-0.15, -0.1) is 0 Å². The maximum atomic E-state index is 6.06. The van der Waals surface area contributed by atoms with Crippen LogP contribution in [0, 0.1) is 0 Å². The standard InChI is InChI=1S/C15H21Cl2N5O/c1-4-10-6-12(23-21-10)9-20-15(18-5-2)19-8-11-7-13(16)14(17)22(11)3/h6-7H,4-5,8-9H2,1-3H3,(H2,18,19,20). The zero-order chi connectivity index (χ0) is 16.8. The number of rotatable bonds is 6. The zero-order valence-corrected chi connectivity index (χ0v) is 15.0. The highest BCUT2D eigenvalue weighted by Gasteiger charge is 2.09. The molecule has 0 amide bonds. The van der Waals surface area contributed by atoms with Crippen LogP contribution in [-0.4, -0.2) is 22.2 Å². The molecule has 8 heteroatoms. The smallest absolute Gasteiger partial charge is 0.192 e. The molecule has 0 aromatic carbocycles. The van der Waals surface area contributed by atoms with Gasteiger partial charge in [0.25, 0.3) is 0 Å². The van der Waals surface area contributed by atoms with Crippen LogP contribution >= 0.6 is 23.2 Å². The van der Waals surface area contributed by atoms with E-state index in [4.69, 9.17) is 27.7 Å². The first-order valence-electron chi connectivity index (χ1n) is 7.51. The Morgan fingerprint density at radius 2 is 2.09 bits per heavy atom. The Labute approximate surface area is 145 Å². The van der Waals surface area contributed by atoms with Crippen molar-refractivity contribution in [2.45, 2.75) is 33.4 Å². The van der Waals surface area contributed by atoms with Gasteiger partial charge in [0.15, 0.2) is 11.7 Å². The summed E-state index contributed by atoms with van der Waals surface area (Å²) in [4.78, 5) is 4.54. The lowest BCUT2D eigenvalue weighted by Gasteiger charge is -2.10. The monoisotopic (exact) mass is 357 g/mol. The minimum Gasteiger partial charge on any atom is -0.359 e. The fraction of sp³-hybridized carbons (Fsp3) is 0.467. The van der Waals surface area contributed by atoms with Gasteiger partial charge in [-0.1, -0.05) is 35.3 Å². The number of aliphatic imine (C=N–C) groups is 1. The highest BCUT2D eigenvalue weighted by molar-refractivity contribution is 6.41. The van der Waals surface area contributed by atoms with E-state index >= 15 is 0 Å². The first-order valence-corrected chi connectivity index (χ1v) is 8.27. The number of halogens is 2. The molecule has 2 N–H and O–H groups in total. The number of nitrogens with zero attached hydrogens (tertiary/aromatic N) is 3. The fourth-order valence-electron chi connectivity index (χ4n) is 2.02. The van der Waals surface area contributed by atoms with Crippen LogP contribution in [0.4, 0.5) is 0 Å². The SMILES string of the molecule is CCNC(=NCc1cc(Cl)c(Cl)n1C)NCc1cc(CC)no1. The van der Waals surface area contributed by atoms with E-state index in [0.717, 1.165) is 30.1 Å². The van der Waals surface area contributed by atoms with Crippen molar-refractivity contribution in [2.75, 3.05) is 6.54 Å². The molecular weight excluding hydrogens is 337 g/mol. The molecule has 0 radical (unpaired) electrons. The first kappa shape index (κ1) is 17.7. The van der Waals surface area contributed by atoms with Crippen molar-refractivity contribution in [3.05, 3.63) is 39.5 Å². The molecule has 0 spiro atoms. The van der Waals surface area contributed by atoms with E-state index in [9.17, 15) is 0 Å². The summed E-state index contributed by atoms with van der Waals surface area (Å²) >= 11 is 12.1. The maximum Gasteiger partial charge on any atom is 0.192 e. The number of hydrogen-bond donors (Lipinski definition) is 2. The van der Waals surface area contributed by atoms with Crippen molar-refractivity contribution >= 4 is 29.2 Å². The Morgan fingerprint density at radius 1 is 1.30 bits per heavy atom. The predicted octanol–water partition coefficient (Wildman–Crippen LogP) is 3.14. The van der Waals surface area contributed by atoms with Crippen molar-refractivity contribution < 1.29 is 4.52 Å². The van der Waals surface area contributed by atoms with Crippen LogP contribution in [-0.2, 0) is 26.6 Å². The molecule has 2 rings (SSSR count). The second-order valence-corrected chi connectivity index (χ2v) is 5.79. The Morgan fingerprint density at radius 3 is 2.65 bits per heavy atom. The van der Waals surface area contributed by atoms with Crippen LogP contribution in [0.5, 0.6) is 0 Å². The van der Waals surface area contributed by atoms with Crippen molar-refractivity contribution in [3.63, 3.8) is 0 Å². The Bertz CT molecular complexity index is 677. The first-order chi connectivity index (χ1) is 11.0. The minimum atomic E-state index is 0.467. The summed E-state index contributed by atoms with van der Waals surface area (Å²) in [6.45, 7) is 5.80. The molecule has 6 nitrogen and oxygen atoms in total. The fourth-order valence-corrected chi connectivity index (χ4v) is 2.43. The van der Waals surface area contributed by atoms with Gasteiger partial charge in [0, 0.05) is 25.4 Å². The number of nitrogens with one attached hydrogen (secondary N) is 2. The summed E-state index contributed by atoms with van der Waals surface area (Å²) in [5, 5.41) is 11.4. The third-order valence-electron chi connectivity index (χ3n) is 3.36. The van der Waals surface area contributed by atoms with E-state index in [2.05, 4.69) is 20.8 Å². The Balaban J connectivity index is 2.00. The normalized spacial score (nSPS) is 11.8. The van der Waals surface area contributed by atoms with E-state index in [0.29, 0.717) is 29.2 Å². The summed E-state index contributed by atoms with van der Waals surface area (Å²) < 4.78 is 7.07. The van der Waals surface area contributed by atoms with Gasteiger partial charge < -0.3 is 19.7 Å². The minimum absolute atomic E-state index is 0.467. The molecular formula is C15H21Cl2N5O. The van der Waals surface area contributed by atoms with Gasteiger partial charge in [0.2, 0.25) is 0 Å². The summed E-state index contributed by atoms with van der Waals surface area (Å²) in [5.74, 6) is 1.47. The second-order valence-electron chi connectivity index (χ2n) is 5.02. The van der Waals surface area contributed by atoms with E-state index < -0.39 is 0 Å². The van der Waals surface area contributed by atoms with Crippen LogP contribution in [0.15, 0.2) is 21.6 Å². The molecule has 0 atom stereocenters. The van der Waals surface area contributed by atoms with E-state index in [1.807, 2.05) is 37.6 Å². The van der Waals surface area contributed by atoms with E-state index in [1.54, 1.807) is 0 Å². The van der Waals surface area contributed by atoms with Crippen molar-refractivity contribution in [1.82, 2.24) is 20.4 Å². The molecule has 2 aromatic heterocycles. The molecule has 0 saturated heterocycles. The van der Waals surface area contributed by atoms with Gasteiger partial charge in [0.05, 0.1) is 23.8 Å². The third-order valence-corrected chi connectivity index (χ3v) is 4.20. The van der Waals surface area contributed by atoms with Gasteiger partial charge in [-0.05, 0) is 19.4 Å². The summed E-state index contributed by atoms with van der Waals surface area (Å²) in [7, 11) is 1.86. The highest BCUT2D eigenvalue weighted by Crippen LogP contribution is 2.25. The van der Waals surface area contributed by atoms with Crippen LogP contribution in [0.25, 0.3) is 0 Å². The van der Waals surface area contributed by atoms with Gasteiger partial charge in [-0.3, -0.25) is 0 Å². The Hall–Kier alpha value is -1.66. The van der Waals surface area contributed by atoms with E-state index in [-0.39, 0.29) is 0 Å². The molecule has 23 heavy (non-hydrogen) atoms. The summed E-state index contributed by atoms with van der Waals surface area (Å²) in [5.41, 5.74) is 1.88. The molecule has 0 saturated carbocycles. The van der Waals surface area contributed by atoms with Gasteiger partial charge in [-0.25, -0.2) is 4.99 Å². The Kier molecular flexibility index (Phi) is 6.36. The quantitative estimate of drug-likeness (QED) is 0.615. The molecule has 0 aliphatic heterocycles. The molecule has 2 heterocycles. The maximum absolute atomic E-state index is 6.06. The molecule has 0 unspecified atom stereocenters. The number of aryl methyl sites for hydroxylation is 1. The molecule has 2 aromatic rings. The number of hydrogen-bond acceptors (Lipinski definition) is 3. The largest absolute Gasteiger partial charge is 0.359 e. The van der Waals surface area contributed by atoms with Gasteiger partial charge in [-0.2, -0.15) is 0 Å². The number of guanidine groups is 1. The van der Waals surface area contributed by atoms with Gasteiger partial charge >= 0.3 is 0 Å². The summed E-state index contributed by atoms with van der Waals surface area (Å²) in [6.07, 6.45) is 0.854. The van der Waals surface area contributed by atoms with Crippen LogP contribution < -0.4 is 10.6 Å². The van der Waals surface area contributed by atoms with Crippen molar-refractivity contribution in [1.29, 1.82) is 0 Å². The summed E-state index contributed by atoms with van der Waals surface area (Å²) in [6, 6.07) is 3.76. The zero-order valence-electron chi connectivity index (χ0n) is 13.5. The molecule has 0 aliphatic carbocycles. The topological polar surface area (TPSA) is 67.4 Å². The lowest BCUT2D eigenvalue weighted by molar-refractivity contribution is 0.374. The van der Waals surface area contributed by atoms with Crippen LogP contribution in [0.1, 0.15) is 31.0 Å². The van der Waals surface area contributed by atoms with Crippen LogP contribution in [0.2, 0.25) is 10.2 Å². The average molecular weight is 358 g/mol. The molecule has 0 bridgehead atoms. The molecule has 0 fully saturated rings. The molecule has 0 aliphatic rings. The van der Waals surface area contributed by atoms with Gasteiger partial charge in [0.1, 0.15) is 5.15 Å².